The summed E-state index contributed by atoms with van der Waals surface area (Å²) in [6.45, 7) is 15.3. The van der Waals surface area contributed by atoms with Gasteiger partial charge in [0.2, 0.25) is 0 Å². The van der Waals surface area contributed by atoms with Crippen LogP contribution in [0.25, 0.3) is 0 Å². The van der Waals surface area contributed by atoms with Crippen molar-refractivity contribution in [1.82, 2.24) is 5.32 Å². The molecule has 0 aliphatic carbocycles. The minimum Gasteiger partial charge on any atom is -0.390 e. The Morgan fingerprint density at radius 1 is 1.46 bits per heavy atom. The normalized spacial score (nSPS) is 14.7. The molecule has 0 saturated heterocycles. The first-order valence-electron chi connectivity index (χ1n) is 5.13. The molecule has 0 bridgehead atoms. The second kappa shape index (κ2) is 5.85. The maximum absolute atomic E-state index is 4.10. The minimum atomic E-state index is 0.267. The third-order valence-electron chi connectivity index (χ3n) is 2.90. The molecule has 0 aromatic carbocycles. The topological polar surface area (TPSA) is 12.0 Å². The Balaban J connectivity index is 4.43. The molecule has 1 nitrogen and oxygen atoms in total. The molecule has 1 atom stereocenters. The van der Waals surface area contributed by atoms with E-state index < -0.39 is 0 Å². The summed E-state index contributed by atoms with van der Waals surface area (Å²) >= 11 is 0. The molecule has 0 aliphatic heterocycles. The molecule has 0 radical (unpaired) electrons. The Labute approximate surface area is 82.9 Å². The van der Waals surface area contributed by atoms with Gasteiger partial charge in [0.25, 0.3) is 0 Å². The zero-order chi connectivity index (χ0) is 10.3. The lowest BCUT2D eigenvalue weighted by Gasteiger charge is -2.33. The van der Waals surface area contributed by atoms with E-state index in [9.17, 15) is 0 Å². The molecule has 0 aromatic heterocycles. The first-order chi connectivity index (χ1) is 6.13. The van der Waals surface area contributed by atoms with E-state index in [0.717, 1.165) is 13.0 Å². The smallest absolute Gasteiger partial charge is 0.0234 e. The Hall–Kier alpha value is -0.720. The van der Waals surface area contributed by atoms with Crippen molar-refractivity contribution in [2.45, 2.75) is 40.0 Å². The van der Waals surface area contributed by atoms with E-state index >= 15 is 0 Å². The largest absolute Gasteiger partial charge is 0.390 e. The van der Waals surface area contributed by atoms with Gasteiger partial charge in [0.05, 0.1) is 0 Å². The molecule has 0 rings (SSSR count). The lowest BCUT2D eigenvalue weighted by Crippen LogP contribution is -2.32. The van der Waals surface area contributed by atoms with E-state index in [1.165, 1.54) is 18.4 Å². The molecule has 1 unspecified atom stereocenters. The van der Waals surface area contributed by atoms with Crippen LogP contribution in [-0.4, -0.2) is 6.54 Å². The van der Waals surface area contributed by atoms with Crippen molar-refractivity contribution in [1.29, 1.82) is 0 Å². The molecule has 0 fully saturated rings. The van der Waals surface area contributed by atoms with Gasteiger partial charge in [-0.2, -0.15) is 0 Å². The summed E-state index contributed by atoms with van der Waals surface area (Å²) in [6.07, 6.45) is 5.33. The molecule has 1 N–H and O–H groups in total. The van der Waals surface area contributed by atoms with Crippen LogP contribution < -0.4 is 5.32 Å². The zero-order valence-electron chi connectivity index (χ0n) is 9.32. The van der Waals surface area contributed by atoms with E-state index in [1.54, 1.807) is 6.20 Å². The van der Waals surface area contributed by atoms with Crippen molar-refractivity contribution >= 4 is 0 Å². The van der Waals surface area contributed by atoms with Gasteiger partial charge in [-0.3, -0.25) is 0 Å². The predicted octanol–water partition coefficient (Wildman–Crippen LogP) is 3.49. The predicted molar refractivity (Wildman–Crippen MR) is 60.6 cm³/mol. The molecule has 0 aliphatic rings. The first-order valence-corrected chi connectivity index (χ1v) is 5.13. The summed E-state index contributed by atoms with van der Waals surface area (Å²) in [5.74, 6) is 0. The van der Waals surface area contributed by atoms with E-state index in [-0.39, 0.29) is 5.41 Å². The Morgan fingerprint density at radius 3 is 2.38 bits per heavy atom. The molecular weight excluding hydrogens is 158 g/mol. The van der Waals surface area contributed by atoms with Crippen LogP contribution in [0.3, 0.4) is 0 Å². The molecule has 1 heteroatoms. The molecule has 0 spiro atoms. The van der Waals surface area contributed by atoms with Gasteiger partial charge in [0.1, 0.15) is 0 Å². The van der Waals surface area contributed by atoms with Crippen molar-refractivity contribution in [3.8, 4) is 0 Å². The fourth-order valence-electron chi connectivity index (χ4n) is 1.80. The molecule has 76 valence electrons. The Kier molecular flexibility index (Phi) is 5.52. The maximum atomic E-state index is 4.10. The van der Waals surface area contributed by atoms with Crippen LogP contribution in [0, 0.1) is 5.41 Å². The third-order valence-corrected chi connectivity index (χ3v) is 2.90. The van der Waals surface area contributed by atoms with Crippen molar-refractivity contribution in [3.63, 3.8) is 0 Å². The van der Waals surface area contributed by atoms with Gasteiger partial charge in [-0.05, 0) is 26.0 Å². The highest BCUT2D eigenvalue weighted by Gasteiger charge is 2.27. The van der Waals surface area contributed by atoms with Crippen LogP contribution in [-0.2, 0) is 0 Å². The highest BCUT2D eigenvalue weighted by molar-refractivity contribution is 5.08. The second-order valence-corrected chi connectivity index (χ2v) is 3.75. The molecule has 0 heterocycles. The fraction of sp³-hybridized carbons (Fsp3) is 0.667. The highest BCUT2D eigenvalue weighted by Crippen LogP contribution is 2.34. The van der Waals surface area contributed by atoms with E-state index in [0.29, 0.717) is 0 Å². The maximum Gasteiger partial charge on any atom is 0.0234 e. The number of rotatable bonds is 7. The third kappa shape index (κ3) is 3.25. The van der Waals surface area contributed by atoms with E-state index in [1.807, 2.05) is 0 Å². The molecular formula is C12H23N. The average molecular weight is 181 g/mol. The van der Waals surface area contributed by atoms with Gasteiger partial charge in [-0.15, -0.1) is 0 Å². The summed E-state index contributed by atoms with van der Waals surface area (Å²) < 4.78 is 0. The van der Waals surface area contributed by atoms with Gasteiger partial charge in [-0.25, -0.2) is 0 Å². The molecule has 0 aromatic rings. The van der Waals surface area contributed by atoms with Gasteiger partial charge in [0.15, 0.2) is 0 Å². The minimum absolute atomic E-state index is 0.267. The molecule has 0 amide bonds. The van der Waals surface area contributed by atoms with Gasteiger partial charge < -0.3 is 5.32 Å². The first kappa shape index (κ1) is 12.3. The molecule has 0 saturated carbocycles. The van der Waals surface area contributed by atoms with Crippen LogP contribution in [0.4, 0.5) is 0 Å². The van der Waals surface area contributed by atoms with Crippen molar-refractivity contribution in [3.05, 3.63) is 24.9 Å². The number of hydrogen-bond acceptors (Lipinski definition) is 1. The SMILES string of the molecule is C=CNCC(CC)(CCC)C(=C)C. The monoisotopic (exact) mass is 181 g/mol. The van der Waals surface area contributed by atoms with E-state index in [2.05, 4.69) is 39.2 Å². The number of hydrogen-bond donors (Lipinski definition) is 1. The van der Waals surface area contributed by atoms with Gasteiger partial charge in [-0.1, -0.05) is 39.0 Å². The summed E-state index contributed by atoms with van der Waals surface area (Å²) in [5, 5.41) is 3.21. The summed E-state index contributed by atoms with van der Waals surface area (Å²) in [7, 11) is 0. The van der Waals surface area contributed by atoms with Crippen molar-refractivity contribution in [2.24, 2.45) is 5.41 Å². The van der Waals surface area contributed by atoms with Crippen molar-refractivity contribution in [2.75, 3.05) is 6.54 Å². The van der Waals surface area contributed by atoms with E-state index in [4.69, 9.17) is 0 Å². The average Bonchev–Trinajstić information content (AvgIpc) is 2.12. The van der Waals surface area contributed by atoms with Crippen LogP contribution in [0.15, 0.2) is 24.9 Å². The summed E-state index contributed by atoms with van der Waals surface area (Å²) in [6, 6.07) is 0. The Morgan fingerprint density at radius 2 is 2.08 bits per heavy atom. The zero-order valence-corrected chi connectivity index (χ0v) is 9.32. The van der Waals surface area contributed by atoms with Gasteiger partial charge in [0, 0.05) is 12.0 Å². The fourth-order valence-corrected chi connectivity index (χ4v) is 1.80. The van der Waals surface area contributed by atoms with Gasteiger partial charge >= 0.3 is 0 Å². The summed E-state index contributed by atoms with van der Waals surface area (Å²) in [4.78, 5) is 0. The van der Waals surface area contributed by atoms with Crippen molar-refractivity contribution < 1.29 is 0 Å². The summed E-state index contributed by atoms with van der Waals surface area (Å²) in [5.41, 5.74) is 1.55. The Bertz CT molecular complexity index is 172. The highest BCUT2D eigenvalue weighted by atomic mass is 14.8. The quantitative estimate of drug-likeness (QED) is 0.593. The second-order valence-electron chi connectivity index (χ2n) is 3.75. The standard InChI is InChI=1S/C12H23N/c1-6-9-12(7-2,11(4)5)10-13-8-3/h8,13H,3-4,6-7,9-10H2,1-2,5H3. The number of nitrogens with one attached hydrogen (secondary N) is 1. The lowest BCUT2D eigenvalue weighted by molar-refractivity contribution is 0.305. The lowest BCUT2D eigenvalue weighted by atomic mass is 9.75. The van der Waals surface area contributed by atoms with Crippen LogP contribution in [0.1, 0.15) is 40.0 Å². The molecule has 13 heavy (non-hydrogen) atoms. The van der Waals surface area contributed by atoms with Crippen LogP contribution in [0.2, 0.25) is 0 Å². The van der Waals surface area contributed by atoms with Crippen LogP contribution >= 0.6 is 0 Å². The van der Waals surface area contributed by atoms with Crippen LogP contribution in [0.5, 0.6) is 0 Å².